The van der Waals surface area contributed by atoms with Gasteiger partial charge in [0.25, 0.3) is 0 Å². The van der Waals surface area contributed by atoms with Gasteiger partial charge >= 0.3 is 0 Å². The Labute approximate surface area is 360 Å². The van der Waals surface area contributed by atoms with Crippen LogP contribution in [0.2, 0.25) is 0 Å². The number of aliphatic hydroxyl groups excluding tert-OH is 4. The lowest BCUT2D eigenvalue weighted by Crippen LogP contribution is -2.66. The van der Waals surface area contributed by atoms with Crippen LogP contribution in [0.3, 0.4) is 0 Å². The molecule has 0 aromatic heterocycles. The lowest BCUT2D eigenvalue weighted by molar-refractivity contribution is -0.0294. The van der Waals surface area contributed by atoms with Gasteiger partial charge in [0.05, 0.1) is 25.4 Å². The molecular formula is C52H48N2O8. The SMILES string of the molecule is NC(O)C(CO)(NC(CO)(CO)c1ccc2cc(Oc3ccc(OCc4ccccc4)cc3)ccc2c1)c1ccc2cc(Oc3ccc(OCc4ccccc4)cc3)ccc2c1. The van der Waals surface area contributed by atoms with E-state index in [1.165, 1.54) is 0 Å². The molecule has 8 rings (SSSR count). The molecule has 8 aromatic carbocycles. The van der Waals surface area contributed by atoms with E-state index in [9.17, 15) is 20.4 Å². The number of hydrogen-bond acceptors (Lipinski definition) is 10. The Bertz CT molecular complexity index is 2710. The lowest BCUT2D eigenvalue weighted by atomic mass is 9.81. The summed E-state index contributed by atoms with van der Waals surface area (Å²) in [7, 11) is 0. The Balaban J connectivity index is 0.968. The average Bonchev–Trinajstić information content (AvgIpc) is 3.32. The maximum absolute atomic E-state index is 11.2. The number of fused-ring (bicyclic) bond motifs is 2. The zero-order valence-electron chi connectivity index (χ0n) is 33.9. The van der Waals surface area contributed by atoms with Crippen molar-refractivity contribution in [3.8, 4) is 34.5 Å². The molecule has 0 bridgehead atoms. The van der Waals surface area contributed by atoms with Gasteiger partial charge in [-0.1, -0.05) is 97.1 Å². The number of ether oxygens (including phenoxy) is 4. The molecule has 0 radical (unpaired) electrons. The number of nitrogens with one attached hydrogen (secondary N) is 1. The molecule has 0 saturated heterocycles. The standard InChI is InChI=1S/C52H48N2O8/c53-50(58)52(35-57,43-16-12-41-30-49(18-14-39(41)28-43)62-47-25-21-45(22-26-47)60-32-37-9-5-2-6-10-37)54-51(33-55,34-56)42-15-11-40-29-48(17-13-38(40)27-42)61-46-23-19-44(20-24-46)59-31-36-7-3-1-4-8-36/h1-30,50,54-58H,31-35,53H2. The molecule has 0 fully saturated rings. The smallest absolute Gasteiger partial charge is 0.128 e. The van der Waals surface area contributed by atoms with Crippen molar-refractivity contribution in [1.82, 2.24) is 5.32 Å². The Morgan fingerprint density at radius 3 is 1.26 bits per heavy atom. The van der Waals surface area contributed by atoms with Crippen molar-refractivity contribution in [2.45, 2.75) is 30.5 Å². The van der Waals surface area contributed by atoms with E-state index in [-0.39, 0.29) is 0 Å². The van der Waals surface area contributed by atoms with Gasteiger partial charge < -0.3 is 45.1 Å². The van der Waals surface area contributed by atoms with Crippen LogP contribution in [-0.4, -0.2) is 46.5 Å². The summed E-state index contributed by atoms with van der Waals surface area (Å²) < 4.78 is 24.1. The molecule has 0 amide bonds. The summed E-state index contributed by atoms with van der Waals surface area (Å²) in [5.74, 6) is 3.98. The lowest BCUT2D eigenvalue weighted by Gasteiger charge is -2.45. The van der Waals surface area contributed by atoms with Crippen molar-refractivity contribution in [3.05, 3.63) is 204 Å². The van der Waals surface area contributed by atoms with Crippen LogP contribution in [0.5, 0.6) is 34.5 Å². The molecule has 0 spiro atoms. The fraction of sp³-hybridized carbons (Fsp3) is 0.154. The van der Waals surface area contributed by atoms with Gasteiger partial charge in [0.1, 0.15) is 59.5 Å². The highest BCUT2D eigenvalue weighted by Gasteiger charge is 2.46. The summed E-state index contributed by atoms with van der Waals surface area (Å²) in [6, 6.07) is 56.9. The Morgan fingerprint density at radius 1 is 0.435 bits per heavy atom. The fourth-order valence-corrected chi connectivity index (χ4v) is 7.46. The van der Waals surface area contributed by atoms with Crippen LogP contribution in [0.25, 0.3) is 21.5 Å². The van der Waals surface area contributed by atoms with Crippen LogP contribution in [0.4, 0.5) is 0 Å². The normalized spacial score (nSPS) is 13.0. The van der Waals surface area contributed by atoms with Gasteiger partial charge in [-0.3, -0.25) is 5.32 Å². The van der Waals surface area contributed by atoms with Crippen molar-refractivity contribution < 1.29 is 39.4 Å². The minimum absolute atomic E-state index is 0.451. The second kappa shape index (κ2) is 18.9. The van der Waals surface area contributed by atoms with E-state index in [1.54, 1.807) is 12.1 Å². The first-order valence-corrected chi connectivity index (χ1v) is 20.3. The predicted octanol–water partition coefficient (Wildman–Crippen LogP) is 8.67. The third-order valence-corrected chi connectivity index (χ3v) is 11.1. The molecule has 8 aromatic rings. The first-order chi connectivity index (χ1) is 30.3. The van der Waals surface area contributed by atoms with Crippen molar-refractivity contribution in [1.29, 1.82) is 0 Å². The summed E-state index contributed by atoms with van der Waals surface area (Å²) in [6.45, 7) is -0.877. The number of aliphatic hydroxyl groups is 4. The molecular weight excluding hydrogens is 781 g/mol. The van der Waals surface area contributed by atoms with Gasteiger partial charge in [0.15, 0.2) is 0 Å². The largest absolute Gasteiger partial charge is 0.489 e. The van der Waals surface area contributed by atoms with Crippen molar-refractivity contribution >= 4 is 21.5 Å². The quantitative estimate of drug-likeness (QED) is 0.0463. The molecule has 7 N–H and O–H groups in total. The molecule has 314 valence electrons. The van der Waals surface area contributed by atoms with Gasteiger partial charge in [0.2, 0.25) is 0 Å². The summed E-state index contributed by atoms with van der Waals surface area (Å²) in [4.78, 5) is 0. The third-order valence-electron chi connectivity index (χ3n) is 11.1. The van der Waals surface area contributed by atoms with E-state index in [2.05, 4.69) is 5.32 Å². The first kappa shape index (κ1) is 42.0. The van der Waals surface area contributed by atoms with Gasteiger partial charge in [-0.05, 0) is 129 Å². The molecule has 0 aliphatic heterocycles. The average molecular weight is 829 g/mol. The minimum atomic E-state index is -1.70. The molecule has 62 heavy (non-hydrogen) atoms. The van der Waals surface area contributed by atoms with E-state index in [0.717, 1.165) is 44.2 Å². The van der Waals surface area contributed by atoms with E-state index in [1.807, 2.05) is 170 Å². The number of benzene rings is 8. The number of nitrogens with two attached hydrogens (primary N) is 1. The number of rotatable bonds is 18. The zero-order valence-corrected chi connectivity index (χ0v) is 33.9. The summed E-state index contributed by atoms with van der Waals surface area (Å²) in [5.41, 5.74) is 6.16. The molecule has 10 heteroatoms. The first-order valence-electron chi connectivity index (χ1n) is 20.3. The fourth-order valence-electron chi connectivity index (χ4n) is 7.46. The molecule has 2 atom stereocenters. The van der Waals surface area contributed by atoms with E-state index in [4.69, 9.17) is 24.7 Å². The number of hydrogen-bond donors (Lipinski definition) is 6. The van der Waals surface area contributed by atoms with Crippen molar-refractivity contribution in [2.24, 2.45) is 5.73 Å². The van der Waals surface area contributed by atoms with Crippen LogP contribution >= 0.6 is 0 Å². The maximum atomic E-state index is 11.2. The second-order valence-electron chi connectivity index (χ2n) is 15.2. The highest BCUT2D eigenvalue weighted by Crippen LogP contribution is 2.36. The maximum Gasteiger partial charge on any atom is 0.128 e. The zero-order chi connectivity index (χ0) is 42.9. The molecule has 0 saturated carbocycles. The summed E-state index contributed by atoms with van der Waals surface area (Å²) in [6.07, 6.45) is -1.64. The van der Waals surface area contributed by atoms with Crippen LogP contribution < -0.4 is 30.0 Å². The van der Waals surface area contributed by atoms with E-state index < -0.39 is 37.1 Å². The molecule has 10 nitrogen and oxygen atoms in total. The van der Waals surface area contributed by atoms with Gasteiger partial charge in [-0.25, -0.2) is 0 Å². The molecule has 0 aliphatic rings. The van der Waals surface area contributed by atoms with Gasteiger partial charge in [0, 0.05) is 0 Å². The minimum Gasteiger partial charge on any atom is -0.489 e. The van der Waals surface area contributed by atoms with Gasteiger partial charge in [-0.15, -0.1) is 0 Å². The van der Waals surface area contributed by atoms with Crippen molar-refractivity contribution in [2.75, 3.05) is 19.8 Å². The van der Waals surface area contributed by atoms with E-state index in [0.29, 0.717) is 47.3 Å². The van der Waals surface area contributed by atoms with Gasteiger partial charge in [-0.2, -0.15) is 0 Å². The van der Waals surface area contributed by atoms with Crippen LogP contribution in [0, 0.1) is 0 Å². The highest BCUT2D eigenvalue weighted by molar-refractivity contribution is 5.86. The molecule has 0 aliphatic carbocycles. The predicted molar refractivity (Wildman–Crippen MR) is 240 cm³/mol. The third kappa shape index (κ3) is 9.41. The topological polar surface area (TPSA) is 156 Å². The Hall–Kier alpha value is -6.76. The van der Waals surface area contributed by atoms with Crippen molar-refractivity contribution in [3.63, 3.8) is 0 Å². The molecule has 2 unspecified atom stereocenters. The second-order valence-corrected chi connectivity index (χ2v) is 15.2. The summed E-state index contributed by atoms with van der Waals surface area (Å²) in [5, 5.41) is 50.6. The Morgan fingerprint density at radius 2 is 0.823 bits per heavy atom. The van der Waals surface area contributed by atoms with Crippen LogP contribution in [0.15, 0.2) is 182 Å². The monoisotopic (exact) mass is 828 g/mol. The van der Waals surface area contributed by atoms with E-state index >= 15 is 0 Å². The highest BCUT2D eigenvalue weighted by atomic mass is 16.5. The van der Waals surface area contributed by atoms with Crippen LogP contribution in [0.1, 0.15) is 22.3 Å². The van der Waals surface area contributed by atoms with Crippen LogP contribution in [-0.2, 0) is 24.3 Å². The molecule has 0 heterocycles. The summed E-state index contributed by atoms with van der Waals surface area (Å²) >= 11 is 0. The Kier molecular flexibility index (Phi) is 12.8.